The first-order chi connectivity index (χ1) is 14.5. The maximum absolute atomic E-state index is 12.6. The van der Waals surface area contributed by atoms with Gasteiger partial charge in [-0.1, -0.05) is 35.9 Å². The summed E-state index contributed by atoms with van der Waals surface area (Å²) >= 11 is 6.17. The highest BCUT2D eigenvalue weighted by atomic mass is 35.5. The van der Waals surface area contributed by atoms with Crippen LogP contribution >= 0.6 is 11.6 Å². The minimum Gasteiger partial charge on any atom is -0.369 e. The molecule has 30 heavy (non-hydrogen) atoms. The van der Waals surface area contributed by atoms with Gasteiger partial charge < -0.3 is 10.2 Å². The van der Waals surface area contributed by atoms with Crippen LogP contribution in [0.25, 0.3) is 10.9 Å². The maximum atomic E-state index is 12.6. The fourth-order valence-electron chi connectivity index (χ4n) is 4.03. The molecule has 1 aromatic heterocycles. The van der Waals surface area contributed by atoms with Gasteiger partial charge in [0.05, 0.1) is 11.7 Å². The molecule has 2 heterocycles. The number of para-hydroxylation sites is 1. The zero-order valence-corrected chi connectivity index (χ0v) is 18.3. The Morgan fingerprint density at radius 2 is 1.93 bits per heavy atom. The molecule has 1 fully saturated rings. The summed E-state index contributed by atoms with van der Waals surface area (Å²) in [5.41, 5.74) is 3.45. The molecule has 1 aliphatic rings. The third-order valence-corrected chi connectivity index (χ3v) is 6.10. The Morgan fingerprint density at radius 3 is 2.73 bits per heavy atom. The molecule has 3 aromatic rings. The molecule has 6 nitrogen and oxygen atoms in total. The number of nitrogens with one attached hydrogen (secondary N) is 1. The van der Waals surface area contributed by atoms with Gasteiger partial charge in [-0.25, -0.2) is 0 Å². The molecule has 1 unspecified atom stereocenters. The van der Waals surface area contributed by atoms with Gasteiger partial charge in [0.15, 0.2) is 0 Å². The largest absolute Gasteiger partial charge is 0.369 e. The first kappa shape index (κ1) is 20.7. The molecule has 1 atom stereocenters. The number of carbonyl (C=O) groups is 1. The highest BCUT2D eigenvalue weighted by molar-refractivity contribution is 6.30. The van der Waals surface area contributed by atoms with Crippen molar-refractivity contribution in [2.45, 2.75) is 19.9 Å². The number of rotatable bonds is 6. The number of carbonyl (C=O) groups excluding carboxylic acids is 1. The highest BCUT2D eigenvalue weighted by Crippen LogP contribution is 2.25. The number of nitrogens with zero attached hydrogens (tertiary/aromatic N) is 4. The van der Waals surface area contributed by atoms with E-state index in [9.17, 15) is 4.79 Å². The minimum absolute atomic E-state index is 0.00274. The van der Waals surface area contributed by atoms with E-state index in [2.05, 4.69) is 33.2 Å². The molecule has 2 aromatic carbocycles. The van der Waals surface area contributed by atoms with Crippen LogP contribution in [0.1, 0.15) is 18.5 Å². The van der Waals surface area contributed by atoms with Crippen LogP contribution in [0, 0.1) is 6.92 Å². The van der Waals surface area contributed by atoms with Crippen molar-refractivity contribution >= 4 is 34.1 Å². The fourth-order valence-corrected chi connectivity index (χ4v) is 4.20. The number of halogens is 1. The van der Waals surface area contributed by atoms with Gasteiger partial charge >= 0.3 is 0 Å². The van der Waals surface area contributed by atoms with E-state index in [1.54, 1.807) is 10.9 Å². The lowest BCUT2D eigenvalue weighted by Crippen LogP contribution is -2.49. The van der Waals surface area contributed by atoms with E-state index < -0.39 is 0 Å². The van der Waals surface area contributed by atoms with Gasteiger partial charge in [0.25, 0.3) is 0 Å². The van der Waals surface area contributed by atoms with E-state index >= 15 is 0 Å². The molecule has 4 rings (SSSR count). The van der Waals surface area contributed by atoms with Crippen LogP contribution in [-0.2, 0) is 4.79 Å². The summed E-state index contributed by atoms with van der Waals surface area (Å²) in [4.78, 5) is 17.4. The van der Waals surface area contributed by atoms with Crippen LogP contribution in [0.2, 0.25) is 5.02 Å². The number of hydrogen-bond acceptors (Lipinski definition) is 4. The van der Waals surface area contributed by atoms with E-state index in [1.807, 2.05) is 43.3 Å². The second-order valence-corrected chi connectivity index (χ2v) is 8.31. The standard InChI is InChI=1S/C23H28ClN5O/c1-17-7-8-20(24)15-22(17)28-13-11-27(12-14-28)10-9-25-23(30)18(2)29-21-6-4-3-5-19(21)16-26-29/h3-8,15-16,18H,9-14H2,1-2H3,(H,25,30). The van der Waals surface area contributed by atoms with Gasteiger partial charge in [-0.3, -0.25) is 14.4 Å². The second kappa shape index (κ2) is 9.06. The Bertz CT molecular complexity index is 1030. The Kier molecular flexibility index (Phi) is 6.25. The van der Waals surface area contributed by atoms with Crippen molar-refractivity contribution in [1.29, 1.82) is 0 Å². The molecule has 0 spiro atoms. The summed E-state index contributed by atoms with van der Waals surface area (Å²) in [6.45, 7) is 9.37. The summed E-state index contributed by atoms with van der Waals surface area (Å²) in [5, 5.41) is 9.29. The monoisotopic (exact) mass is 425 g/mol. The number of amides is 1. The lowest BCUT2D eigenvalue weighted by atomic mass is 10.1. The van der Waals surface area contributed by atoms with Crippen LogP contribution in [0.4, 0.5) is 5.69 Å². The van der Waals surface area contributed by atoms with Crippen molar-refractivity contribution in [3.63, 3.8) is 0 Å². The van der Waals surface area contributed by atoms with E-state index in [1.165, 1.54) is 11.3 Å². The average molecular weight is 426 g/mol. The first-order valence-corrected chi connectivity index (χ1v) is 10.8. The predicted molar refractivity (Wildman–Crippen MR) is 122 cm³/mol. The van der Waals surface area contributed by atoms with Crippen molar-refractivity contribution < 1.29 is 4.79 Å². The molecule has 0 radical (unpaired) electrons. The fraction of sp³-hybridized carbons (Fsp3) is 0.391. The molecule has 1 saturated heterocycles. The normalized spacial score (nSPS) is 16.0. The van der Waals surface area contributed by atoms with E-state index in [4.69, 9.17) is 11.6 Å². The van der Waals surface area contributed by atoms with Gasteiger partial charge in [0, 0.05) is 55.4 Å². The molecular formula is C23H28ClN5O. The molecule has 0 aliphatic carbocycles. The number of aryl methyl sites for hydroxylation is 1. The molecule has 158 valence electrons. The van der Waals surface area contributed by atoms with Gasteiger partial charge in [-0.05, 0) is 37.6 Å². The number of hydrogen-bond donors (Lipinski definition) is 1. The summed E-state index contributed by atoms with van der Waals surface area (Å²) in [7, 11) is 0. The Balaban J connectivity index is 1.25. The van der Waals surface area contributed by atoms with Crippen LogP contribution in [0.15, 0.2) is 48.7 Å². The number of piperazine rings is 1. The van der Waals surface area contributed by atoms with Crippen molar-refractivity contribution in [1.82, 2.24) is 20.0 Å². The zero-order valence-electron chi connectivity index (χ0n) is 17.5. The quantitative estimate of drug-likeness (QED) is 0.656. The molecule has 1 aliphatic heterocycles. The summed E-state index contributed by atoms with van der Waals surface area (Å²) in [6.07, 6.45) is 1.81. The van der Waals surface area contributed by atoms with Gasteiger partial charge in [-0.15, -0.1) is 0 Å². The maximum Gasteiger partial charge on any atom is 0.244 e. The second-order valence-electron chi connectivity index (χ2n) is 7.87. The lowest BCUT2D eigenvalue weighted by molar-refractivity contribution is -0.124. The molecule has 1 N–H and O–H groups in total. The lowest BCUT2D eigenvalue weighted by Gasteiger charge is -2.37. The molecule has 1 amide bonds. The van der Waals surface area contributed by atoms with Crippen molar-refractivity contribution in [2.24, 2.45) is 0 Å². The number of fused-ring (bicyclic) bond motifs is 1. The van der Waals surface area contributed by atoms with Gasteiger partial charge in [-0.2, -0.15) is 5.10 Å². The molecule has 0 bridgehead atoms. The van der Waals surface area contributed by atoms with Crippen molar-refractivity contribution in [3.8, 4) is 0 Å². The first-order valence-electron chi connectivity index (χ1n) is 10.5. The molecular weight excluding hydrogens is 398 g/mol. The van der Waals surface area contributed by atoms with Crippen molar-refractivity contribution in [3.05, 3.63) is 59.2 Å². The predicted octanol–water partition coefficient (Wildman–Crippen LogP) is 3.50. The van der Waals surface area contributed by atoms with E-state index in [0.717, 1.165) is 48.6 Å². The number of aromatic nitrogens is 2. The van der Waals surface area contributed by atoms with Crippen LogP contribution in [0.5, 0.6) is 0 Å². The van der Waals surface area contributed by atoms with Gasteiger partial charge in [0.2, 0.25) is 5.91 Å². The average Bonchev–Trinajstić information content (AvgIpc) is 3.19. The third-order valence-electron chi connectivity index (χ3n) is 5.86. The Hall–Kier alpha value is -2.57. The zero-order chi connectivity index (χ0) is 21.1. The van der Waals surface area contributed by atoms with Gasteiger partial charge in [0.1, 0.15) is 6.04 Å². The summed E-state index contributed by atoms with van der Waals surface area (Å²) < 4.78 is 1.79. The Labute approximate surface area is 182 Å². The van der Waals surface area contributed by atoms with Crippen LogP contribution in [0.3, 0.4) is 0 Å². The third kappa shape index (κ3) is 4.45. The van der Waals surface area contributed by atoms with Crippen LogP contribution in [-0.4, -0.2) is 59.9 Å². The smallest absolute Gasteiger partial charge is 0.244 e. The van der Waals surface area contributed by atoms with E-state index in [0.29, 0.717) is 6.54 Å². The summed E-state index contributed by atoms with van der Waals surface area (Å²) in [5.74, 6) is -0.00274. The molecule has 7 heteroatoms. The summed E-state index contributed by atoms with van der Waals surface area (Å²) in [6, 6.07) is 13.7. The minimum atomic E-state index is -0.340. The Morgan fingerprint density at radius 1 is 1.17 bits per heavy atom. The highest BCUT2D eigenvalue weighted by Gasteiger charge is 2.20. The topological polar surface area (TPSA) is 53.4 Å². The molecule has 0 saturated carbocycles. The number of anilines is 1. The van der Waals surface area contributed by atoms with Crippen LogP contribution < -0.4 is 10.2 Å². The SMILES string of the molecule is Cc1ccc(Cl)cc1N1CCN(CCNC(=O)C(C)n2ncc3ccccc32)CC1. The number of benzene rings is 2. The van der Waals surface area contributed by atoms with Crippen molar-refractivity contribution in [2.75, 3.05) is 44.2 Å². The van der Waals surface area contributed by atoms with E-state index in [-0.39, 0.29) is 11.9 Å².